The molecule has 0 spiro atoms. The van der Waals surface area contributed by atoms with Crippen LogP contribution in [0, 0.1) is 5.92 Å². The Morgan fingerprint density at radius 2 is 2.23 bits per heavy atom. The van der Waals surface area contributed by atoms with Gasteiger partial charge in [0.25, 0.3) is 5.91 Å². The molecule has 4 atom stereocenters. The molecule has 2 fully saturated rings. The molecule has 1 aromatic heterocycles. The molecule has 26 heavy (non-hydrogen) atoms. The van der Waals surface area contributed by atoms with Crippen molar-refractivity contribution in [3.8, 4) is 0 Å². The molecular formula is C18H24N2O4S2. The average Bonchev–Trinajstić information content (AvgIpc) is 3.31. The van der Waals surface area contributed by atoms with Gasteiger partial charge in [0.1, 0.15) is 17.9 Å². The van der Waals surface area contributed by atoms with E-state index in [9.17, 15) is 14.4 Å². The van der Waals surface area contributed by atoms with Crippen LogP contribution >= 0.6 is 24.0 Å². The predicted molar refractivity (Wildman–Crippen MR) is 103 cm³/mol. The monoisotopic (exact) mass is 396 g/mol. The van der Waals surface area contributed by atoms with Crippen LogP contribution in [0.25, 0.3) is 0 Å². The number of fused-ring (bicyclic) bond motifs is 1. The molecule has 2 amide bonds. The van der Waals surface area contributed by atoms with E-state index < -0.39 is 17.3 Å². The maximum absolute atomic E-state index is 13.0. The van der Waals surface area contributed by atoms with Crippen molar-refractivity contribution in [1.29, 1.82) is 0 Å². The number of hydrogen-bond donors (Lipinski definition) is 2. The molecule has 2 aliphatic heterocycles. The number of ketones is 1. The number of rotatable bonds is 6. The van der Waals surface area contributed by atoms with Crippen molar-refractivity contribution in [2.45, 2.75) is 50.1 Å². The second kappa shape index (κ2) is 8.10. The highest BCUT2D eigenvalue weighted by molar-refractivity contribution is 7.81. The lowest BCUT2D eigenvalue weighted by Crippen LogP contribution is -2.52. The summed E-state index contributed by atoms with van der Waals surface area (Å²) in [5.41, 5.74) is 0.581. The number of Topliss-reactive ketones (excluding diaryl/α,β-unsaturated/α-hetero) is 1. The number of hydrogen-bond acceptors (Lipinski definition) is 6. The maximum Gasteiger partial charge on any atom is 0.252 e. The summed E-state index contributed by atoms with van der Waals surface area (Å²) in [5, 5.41) is 5.87. The van der Waals surface area contributed by atoms with Crippen LogP contribution in [0.4, 0.5) is 0 Å². The summed E-state index contributed by atoms with van der Waals surface area (Å²) in [6.07, 6.45) is 1.09. The molecule has 6 nitrogen and oxygen atoms in total. The topological polar surface area (TPSA) is 75.7 Å². The zero-order valence-corrected chi connectivity index (χ0v) is 16.6. The number of likely N-dealkylation sites (tertiary alicyclic amines) is 1. The minimum Gasteiger partial charge on any atom is -0.368 e. The normalized spacial score (nSPS) is 24.6. The van der Waals surface area contributed by atoms with Crippen molar-refractivity contribution < 1.29 is 19.1 Å². The van der Waals surface area contributed by atoms with E-state index in [2.05, 4.69) is 17.9 Å². The van der Waals surface area contributed by atoms with Crippen molar-refractivity contribution in [3.05, 3.63) is 22.4 Å². The molecule has 142 valence electrons. The highest BCUT2D eigenvalue weighted by Crippen LogP contribution is 2.29. The molecular weight excluding hydrogens is 372 g/mol. The molecule has 1 unspecified atom stereocenters. The van der Waals surface area contributed by atoms with Crippen molar-refractivity contribution in [2.24, 2.45) is 5.92 Å². The summed E-state index contributed by atoms with van der Waals surface area (Å²) in [6.45, 7) is 4.63. The SMILES string of the molecule is CC(C)C[C@H](NC(=O)c1ccsc1)C(S)C(=O)N1CC[C@H]2OCC(=O)[C@H]21. The van der Waals surface area contributed by atoms with Crippen LogP contribution in [0.2, 0.25) is 0 Å². The minimum absolute atomic E-state index is 0.0518. The quantitative estimate of drug-likeness (QED) is 0.719. The first-order chi connectivity index (χ1) is 12.4. The van der Waals surface area contributed by atoms with Gasteiger partial charge < -0.3 is 15.0 Å². The molecule has 0 aromatic carbocycles. The van der Waals surface area contributed by atoms with Gasteiger partial charge in [-0.15, -0.1) is 0 Å². The van der Waals surface area contributed by atoms with Gasteiger partial charge in [0, 0.05) is 23.5 Å². The van der Waals surface area contributed by atoms with Crippen molar-refractivity contribution >= 4 is 41.6 Å². The molecule has 0 bridgehead atoms. The van der Waals surface area contributed by atoms with Crippen LogP contribution < -0.4 is 5.32 Å². The van der Waals surface area contributed by atoms with Gasteiger partial charge in [-0.1, -0.05) is 13.8 Å². The molecule has 2 aliphatic rings. The number of nitrogens with zero attached hydrogens (tertiary/aromatic N) is 1. The fourth-order valence-corrected chi connectivity index (χ4v) is 4.58. The van der Waals surface area contributed by atoms with E-state index in [1.807, 2.05) is 19.2 Å². The summed E-state index contributed by atoms with van der Waals surface area (Å²) in [5.74, 6) is -0.184. The number of thiol groups is 1. The Hall–Kier alpha value is -1.38. The highest BCUT2D eigenvalue weighted by atomic mass is 32.1. The fraction of sp³-hybridized carbons (Fsp3) is 0.611. The largest absolute Gasteiger partial charge is 0.368 e. The van der Waals surface area contributed by atoms with E-state index in [0.29, 0.717) is 24.9 Å². The van der Waals surface area contributed by atoms with Crippen molar-refractivity contribution in [3.63, 3.8) is 0 Å². The van der Waals surface area contributed by atoms with Crippen LogP contribution in [0.1, 0.15) is 37.0 Å². The van der Waals surface area contributed by atoms with E-state index >= 15 is 0 Å². The van der Waals surface area contributed by atoms with Gasteiger partial charge >= 0.3 is 0 Å². The summed E-state index contributed by atoms with van der Waals surface area (Å²) in [4.78, 5) is 39.1. The standard InChI is InChI=1S/C18H24N2O4S2/c1-10(2)7-12(19-17(22)11-4-6-26-9-11)16(25)18(23)20-5-3-14-15(20)13(21)8-24-14/h4,6,9-10,12,14-16,25H,3,5,7-8H2,1-2H3,(H,19,22)/t12-,14+,15+,16?/m0/s1. The van der Waals surface area contributed by atoms with Crippen LogP contribution in [0.5, 0.6) is 0 Å². The smallest absolute Gasteiger partial charge is 0.252 e. The zero-order valence-electron chi connectivity index (χ0n) is 14.9. The van der Waals surface area contributed by atoms with Crippen LogP contribution in [-0.4, -0.2) is 59.1 Å². The lowest BCUT2D eigenvalue weighted by molar-refractivity contribution is -0.136. The molecule has 1 N–H and O–H groups in total. The predicted octanol–water partition coefficient (Wildman–Crippen LogP) is 1.76. The van der Waals surface area contributed by atoms with Gasteiger partial charge in [-0.25, -0.2) is 0 Å². The zero-order chi connectivity index (χ0) is 18.8. The molecule has 1 aromatic rings. The van der Waals surface area contributed by atoms with E-state index in [4.69, 9.17) is 4.74 Å². The Kier molecular flexibility index (Phi) is 6.04. The van der Waals surface area contributed by atoms with Crippen molar-refractivity contribution in [1.82, 2.24) is 10.2 Å². The third-order valence-corrected chi connectivity index (χ3v) is 6.12. The fourth-order valence-electron chi connectivity index (χ4n) is 3.60. The third-order valence-electron chi connectivity index (χ3n) is 4.85. The summed E-state index contributed by atoms with van der Waals surface area (Å²) in [6, 6.07) is 0.848. The number of carbonyl (C=O) groups is 3. The molecule has 2 saturated heterocycles. The first kappa shape index (κ1) is 19.4. The summed E-state index contributed by atoms with van der Waals surface area (Å²) >= 11 is 5.99. The Morgan fingerprint density at radius 1 is 1.46 bits per heavy atom. The average molecular weight is 397 g/mol. The molecule has 0 radical (unpaired) electrons. The molecule has 3 heterocycles. The van der Waals surface area contributed by atoms with Crippen molar-refractivity contribution in [2.75, 3.05) is 13.2 Å². The van der Waals surface area contributed by atoms with Gasteiger partial charge in [0.2, 0.25) is 5.91 Å². The lowest BCUT2D eigenvalue weighted by atomic mass is 9.99. The minimum atomic E-state index is -0.702. The van der Waals surface area contributed by atoms with E-state index in [-0.39, 0.29) is 36.2 Å². The number of carbonyl (C=O) groups excluding carboxylic acids is 3. The summed E-state index contributed by atoms with van der Waals surface area (Å²) in [7, 11) is 0. The number of nitrogens with one attached hydrogen (secondary N) is 1. The Labute approximate surface area is 162 Å². The van der Waals surface area contributed by atoms with Gasteiger partial charge in [-0.05, 0) is 30.2 Å². The molecule has 8 heteroatoms. The lowest BCUT2D eigenvalue weighted by Gasteiger charge is -2.30. The Morgan fingerprint density at radius 3 is 2.88 bits per heavy atom. The van der Waals surface area contributed by atoms with E-state index in [0.717, 1.165) is 0 Å². The summed E-state index contributed by atoms with van der Waals surface area (Å²) < 4.78 is 5.45. The van der Waals surface area contributed by atoms with Gasteiger partial charge in [0.15, 0.2) is 5.78 Å². The van der Waals surface area contributed by atoms with E-state index in [1.54, 1.807) is 16.3 Å². The molecule has 0 saturated carbocycles. The van der Waals surface area contributed by atoms with Gasteiger partial charge in [-0.3, -0.25) is 14.4 Å². The van der Waals surface area contributed by atoms with Gasteiger partial charge in [-0.2, -0.15) is 24.0 Å². The van der Waals surface area contributed by atoms with Crippen LogP contribution in [-0.2, 0) is 14.3 Å². The molecule has 0 aliphatic carbocycles. The maximum atomic E-state index is 13.0. The first-order valence-electron chi connectivity index (χ1n) is 8.84. The Balaban J connectivity index is 1.72. The number of ether oxygens (including phenoxy) is 1. The number of amides is 2. The number of thiophene rings is 1. The highest BCUT2D eigenvalue weighted by Gasteiger charge is 2.48. The van der Waals surface area contributed by atoms with Gasteiger partial charge in [0.05, 0.1) is 6.10 Å². The second-order valence-corrected chi connectivity index (χ2v) is 8.58. The Bertz CT molecular complexity index is 677. The van der Waals surface area contributed by atoms with Crippen LogP contribution in [0.15, 0.2) is 16.8 Å². The van der Waals surface area contributed by atoms with E-state index in [1.165, 1.54) is 11.3 Å². The molecule has 3 rings (SSSR count). The third kappa shape index (κ3) is 3.97. The first-order valence-corrected chi connectivity index (χ1v) is 10.3. The second-order valence-electron chi connectivity index (χ2n) is 7.25. The van der Waals surface area contributed by atoms with Crippen LogP contribution in [0.3, 0.4) is 0 Å².